The van der Waals surface area contributed by atoms with Gasteiger partial charge in [-0.3, -0.25) is 0 Å². The van der Waals surface area contributed by atoms with Crippen LogP contribution < -0.4 is 14.7 Å². The summed E-state index contributed by atoms with van der Waals surface area (Å²) in [6.45, 7) is 0. The van der Waals surface area contributed by atoms with Crippen molar-refractivity contribution in [2.75, 3.05) is 14.7 Å². The minimum Gasteiger partial charge on any atom is -0.311 e. The van der Waals surface area contributed by atoms with E-state index in [4.69, 9.17) is 0 Å². The predicted octanol–water partition coefficient (Wildman–Crippen LogP) is 27.4. The topological polar surface area (TPSA) is 9.72 Å². The van der Waals surface area contributed by atoms with Gasteiger partial charge in [0.2, 0.25) is 0 Å². The van der Waals surface area contributed by atoms with Crippen LogP contribution >= 0.6 is 0 Å². The minimum atomic E-state index is 1.07. The Balaban J connectivity index is 0.905. The van der Waals surface area contributed by atoms with Crippen LogP contribution in [0.25, 0.3) is 120 Å². The lowest BCUT2D eigenvalue weighted by molar-refractivity contribution is 1.28. The highest BCUT2D eigenvalue weighted by molar-refractivity contribution is 6.34. The molecule has 0 radical (unpaired) electrons. The van der Waals surface area contributed by atoms with E-state index in [1.165, 1.54) is 81.3 Å². The molecule has 0 aliphatic rings. The zero-order valence-electron chi connectivity index (χ0n) is 54.4. The van der Waals surface area contributed by atoms with Crippen molar-refractivity contribution in [2.24, 2.45) is 0 Å². The van der Waals surface area contributed by atoms with Gasteiger partial charge in [0, 0.05) is 50.6 Å². The van der Waals surface area contributed by atoms with Gasteiger partial charge in [-0.25, -0.2) is 0 Å². The van der Waals surface area contributed by atoms with Gasteiger partial charge in [-0.15, -0.1) is 0 Å². The smallest absolute Gasteiger partial charge is 0.0540 e. The van der Waals surface area contributed by atoms with Crippen molar-refractivity contribution in [3.05, 3.63) is 394 Å². The fraction of sp³-hybridized carbons (Fsp3) is 0. The van der Waals surface area contributed by atoms with Gasteiger partial charge in [-0.2, -0.15) is 0 Å². The van der Waals surface area contributed by atoms with Crippen LogP contribution in [0.3, 0.4) is 0 Å². The molecule has 99 heavy (non-hydrogen) atoms. The number of nitrogens with zero attached hydrogens (tertiary/aromatic N) is 3. The Morgan fingerprint density at radius 1 is 0.152 bits per heavy atom. The van der Waals surface area contributed by atoms with Gasteiger partial charge in [-0.05, 0) is 225 Å². The van der Waals surface area contributed by atoms with Crippen molar-refractivity contribution in [2.45, 2.75) is 0 Å². The van der Waals surface area contributed by atoms with E-state index in [1.807, 2.05) is 0 Å². The Bertz CT molecular complexity index is 5940. The predicted molar refractivity (Wildman–Crippen MR) is 423 cm³/mol. The van der Waals surface area contributed by atoms with E-state index in [0.29, 0.717) is 0 Å². The summed E-state index contributed by atoms with van der Waals surface area (Å²) >= 11 is 0. The maximum absolute atomic E-state index is 2.50. The van der Waals surface area contributed by atoms with Crippen LogP contribution in [0.5, 0.6) is 0 Å². The standard InChI is InChI=1S/C96H65N3/c1-6-25-70(26-7-1)88-65-89(71-49-57-80(58-50-71)98(77-37-12-4-13-38-77)92-45-23-31-68-28-17-20-42-84(68)92)95-86-61-53-73(66-47-55-79(56-48-66)97(75-33-8-2-9-34-75)76-35-10-3-11-36-76)63-90(86)91-64-74(83-44-22-30-67-27-16-19-41-82(67)83)54-62-87(91)96(95)94(88)72-51-59-81(60-52-72)99(78-39-14-5-15-40-78)93-46-24-32-69-29-18-21-43-85(69)93/h1-65H. The molecule has 0 fully saturated rings. The van der Waals surface area contributed by atoms with Gasteiger partial charge in [0.1, 0.15) is 0 Å². The van der Waals surface area contributed by atoms with Gasteiger partial charge in [0.05, 0.1) is 11.4 Å². The van der Waals surface area contributed by atoms with Crippen LogP contribution in [0.2, 0.25) is 0 Å². The molecule has 0 amide bonds. The molecule has 18 aromatic rings. The molecular weight excluding hydrogens is 1200 g/mol. The zero-order chi connectivity index (χ0) is 65.6. The summed E-state index contributed by atoms with van der Waals surface area (Å²) in [4.78, 5) is 7.13. The van der Waals surface area contributed by atoms with Gasteiger partial charge in [-0.1, -0.05) is 279 Å². The highest BCUT2D eigenvalue weighted by Gasteiger charge is 2.25. The van der Waals surface area contributed by atoms with Gasteiger partial charge >= 0.3 is 0 Å². The van der Waals surface area contributed by atoms with E-state index >= 15 is 0 Å². The van der Waals surface area contributed by atoms with Gasteiger partial charge in [0.15, 0.2) is 0 Å². The van der Waals surface area contributed by atoms with E-state index in [0.717, 1.165) is 90.1 Å². The lowest BCUT2D eigenvalue weighted by Crippen LogP contribution is -2.10. The second kappa shape index (κ2) is 25.2. The third kappa shape index (κ3) is 10.7. The Kier molecular flexibility index (Phi) is 14.9. The summed E-state index contributed by atoms with van der Waals surface area (Å²) < 4.78 is 0. The summed E-state index contributed by atoms with van der Waals surface area (Å²) in [6, 6.07) is 145. The Labute approximate surface area is 576 Å². The molecule has 18 rings (SSSR count). The van der Waals surface area contributed by atoms with Crippen LogP contribution in [0.4, 0.5) is 51.2 Å². The largest absolute Gasteiger partial charge is 0.311 e. The molecule has 0 N–H and O–H groups in total. The first-order chi connectivity index (χ1) is 49.1. The molecule has 0 bridgehead atoms. The van der Waals surface area contributed by atoms with Crippen LogP contribution in [-0.2, 0) is 0 Å². The Morgan fingerprint density at radius 2 is 0.495 bits per heavy atom. The quantitative estimate of drug-likeness (QED) is 0.100. The van der Waals surface area contributed by atoms with Crippen LogP contribution in [0.15, 0.2) is 394 Å². The van der Waals surface area contributed by atoms with E-state index in [2.05, 4.69) is 409 Å². The number of hydrogen-bond donors (Lipinski definition) is 0. The summed E-state index contributed by atoms with van der Waals surface area (Å²) in [5, 5.41) is 14.3. The van der Waals surface area contributed by atoms with E-state index in [-0.39, 0.29) is 0 Å². The first-order valence-corrected chi connectivity index (χ1v) is 34.0. The second-order valence-electron chi connectivity index (χ2n) is 25.5. The fourth-order valence-electron chi connectivity index (χ4n) is 15.2. The SMILES string of the molecule is c1ccc(-c2cc(-c3ccc(N(c4ccccc4)c4cccc5ccccc45)cc3)c3c4ccc(-c5ccc(N(c6ccccc6)c6ccccc6)cc5)cc4c4cc(-c5cccc6ccccc56)ccc4c3c2-c2ccc(N(c3ccccc3)c3cccc4ccccc34)cc2)cc1. The number of rotatable bonds is 14. The molecule has 0 saturated carbocycles. The highest BCUT2D eigenvalue weighted by atomic mass is 15.2. The van der Waals surface area contributed by atoms with E-state index in [1.54, 1.807) is 0 Å². The maximum Gasteiger partial charge on any atom is 0.0540 e. The molecule has 0 aliphatic carbocycles. The average molecular weight is 1260 g/mol. The van der Waals surface area contributed by atoms with Crippen molar-refractivity contribution in [3.63, 3.8) is 0 Å². The molecule has 0 atom stereocenters. The van der Waals surface area contributed by atoms with Crippen molar-refractivity contribution in [1.29, 1.82) is 0 Å². The average Bonchev–Trinajstić information content (AvgIpc) is 0.705. The molecule has 3 nitrogen and oxygen atoms in total. The summed E-state index contributed by atoms with van der Waals surface area (Å²) in [6.07, 6.45) is 0. The molecule has 0 saturated heterocycles. The molecular formula is C96H65N3. The molecule has 18 aromatic carbocycles. The highest BCUT2D eigenvalue weighted by Crippen LogP contribution is 2.52. The molecule has 464 valence electrons. The van der Waals surface area contributed by atoms with E-state index < -0.39 is 0 Å². The van der Waals surface area contributed by atoms with Crippen LogP contribution in [0, 0.1) is 0 Å². The van der Waals surface area contributed by atoms with E-state index in [9.17, 15) is 0 Å². The zero-order valence-corrected chi connectivity index (χ0v) is 54.4. The third-order valence-corrected chi connectivity index (χ3v) is 19.8. The fourth-order valence-corrected chi connectivity index (χ4v) is 15.2. The molecule has 0 heterocycles. The van der Waals surface area contributed by atoms with Gasteiger partial charge < -0.3 is 14.7 Å². The Morgan fingerprint density at radius 3 is 1.01 bits per heavy atom. The Hall–Kier alpha value is -13.1. The van der Waals surface area contributed by atoms with Crippen LogP contribution in [0.1, 0.15) is 0 Å². The maximum atomic E-state index is 2.50. The second-order valence-corrected chi connectivity index (χ2v) is 25.5. The lowest BCUT2D eigenvalue weighted by Gasteiger charge is -2.28. The molecule has 0 spiro atoms. The lowest BCUT2D eigenvalue weighted by atomic mass is 9.80. The summed E-state index contributed by atoms with van der Waals surface area (Å²) in [5.74, 6) is 0. The van der Waals surface area contributed by atoms with Gasteiger partial charge in [0.25, 0.3) is 0 Å². The first kappa shape index (κ1) is 58.5. The molecule has 0 aromatic heterocycles. The monoisotopic (exact) mass is 1260 g/mol. The normalized spacial score (nSPS) is 11.4. The number of anilines is 9. The first-order valence-electron chi connectivity index (χ1n) is 34.0. The molecule has 0 unspecified atom stereocenters. The number of benzene rings is 18. The summed E-state index contributed by atoms with van der Waals surface area (Å²) in [7, 11) is 0. The van der Waals surface area contributed by atoms with Crippen molar-refractivity contribution < 1.29 is 0 Å². The molecule has 3 heteroatoms. The van der Waals surface area contributed by atoms with Crippen molar-refractivity contribution >= 4 is 116 Å². The number of hydrogen-bond acceptors (Lipinski definition) is 3. The summed E-state index contributed by atoms with van der Waals surface area (Å²) in [5.41, 5.74) is 21.4. The van der Waals surface area contributed by atoms with Crippen molar-refractivity contribution in [3.8, 4) is 55.6 Å². The number of fused-ring (bicyclic) bond motifs is 9. The number of para-hydroxylation sites is 4. The third-order valence-electron chi connectivity index (χ3n) is 19.8. The molecule has 0 aliphatic heterocycles. The van der Waals surface area contributed by atoms with Crippen molar-refractivity contribution in [1.82, 2.24) is 0 Å². The van der Waals surface area contributed by atoms with Crippen LogP contribution in [-0.4, -0.2) is 0 Å². The minimum absolute atomic E-state index is 1.07.